The highest BCUT2D eigenvalue weighted by molar-refractivity contribution is 6.12. The van der Waals surface area contributed by atoms with Crippen LogP contribution in [0.25, 0.3) is 11.0 Å². The van der Waals surface area contributed by atoms with Gasteiger partial charge in [-0.05, 0) is 56.7 Å². The van der Waals surface area contributed by atoms with Crippen LogP contribution in [0.5, 0.6) is 5.75 Å². The van der Waals surface area contributed by atoms with Crippen molar-refractivity contribution in [3.63, 3.8) is 0 Å². The van der Waals surface area contributed by atoms with E-state index in [2.05, 4.69) is 27.5 Å². The van der Waals surface area contributed by atoms with Gasteiger partial charge in [0.2, 0.25) is 0 Å². The number of nitrogens with zero attached hydrogens (tertiary/aromatic N) is 3. The van der Waals surface area contributed by atoms with Crippen LogP contribution >= 0.6 is 0 Å². The predicted octanol–water partition coefficient (Wildman–Crippen LogP) is 4.75. The number of pyridine rings is 1. The fourth-order valence-electron chi connectivity index (χ4n) is 3.52. The number of amides is 1. The summed E-state index contributed by atoms with van der Waals surface area (Å²) in [6, 6.07) is 19.3. The van der Waals surface area contributed by atoms with Gasteiger partial charge in [0.1, 0.15) is 5.75 Å². The monoisotopic (exact) mass is 400 g/mol. The first-order chi connectivity index (χ1) is 14.5. The summed E-state index contributed by atoms with van der Waals surface area (Å²) in [7, 11) is 0. The second-order valence-electron chi connectivity index (χ2n) is 7.15. The molecule has 152 valence electrons. The van der Waals surface area contributed by atoms with Crippen LogP contribution < -0.4 is 10.1 Å². The van der Waals surface area contributed by atoms with Gasteiger partial charge in [0.25, 0.3) is 5.91 Å². The first kappa shape index (κ1) is 19.6. The summed E-state index contributed by atoms with van der Waals surface area (Å²) < 4.78 is 7.32. The largest absolute Gasteiger partial charge is 0.494 e. The summed E-state index contributed by atoms with van der Waals surface area (Å²) in [5.74, 6) is 0.590. The molecule has 30 heavy (non-hydrogen) atoms. The molecule has 6 heteroatoms. The molecule has 0 bridgehead atoms. The summed E-state index contributed by atoms with van der Waals surface area (Å²) in [4.78, 5) is 17.8. The number of aryl methyl sites for hydroxylation is 2. The highest BCUT2D eigenvalue weighted by atomic mass is 16.5. The molecular weight excluding hydrogens is 376 g/mol. The number of nitrogens with one attached hydrogen (secondary N) is 1. The van der Waals surface area contributed by atoms with Crippen LogP contribution in [0.2, 0.25) is 0 Å². The molecule has 0 aliphatic carbocycles. The lowest BCUT2D eigenvalue weighted by atomic mass is 10.1. The number of anilines is 1. The van der Waals surface area contributed by atoms with E-state index in [1.165, 1.54) is 0 Å². The number of hydrogen-bond donors (Lipinski definition) is 1. The number of aromatic nitrogens is 3. The van der Waals surface area contributed by atoms with Crippen molar-refractivity contribution in [2.75, 3.05) is 11.9 Å². The highest BCUT2D eigenvalue weighted by Gasteiger charge is 2.19. The number of fused-ring (bicyclic) bond motifs is 1. The van der Waals surface area contributed by atoms with Crippen LogP contribution in [0.15, 0.2) is 60.7 Å². The maximum atomic E-state index is 13.1. The molecule has 4 rings (SSSR count). The van der Waals surface area contributed by atoms with Gasteiger partial charge in [-0.3, -0.25) is 4.79 Å². The van der Waals surface area contributed by atoms with Gasteiger partial charge in [0, 0.05) is 11.4 Å². The molecule has 4 aromatic rings. The molecule has 0 aliphatic rings. The average molecular weight is 400 g/mol. The van der Waals surface area contributed by atoms with Crippen LogP contribution in [0.1, 0.15) is 34.2 Å². The number of hydrogen-bond acceptors (Lipinski definition) is 4. The van der Waals surface area contributed by atoms with Gasteiger partial charge in [0.15, 0.2) is 5.65 Å². The van der Waals surface area contributed by atoms with Crippen molar-refractivity contribution >= 4 is 22.6 Å². The molecule has 0 saturated heterocycles. The maximum Gasteiger partial charge on any atom is 0.256 e. The van der Waals surface area contributed by atoms with Crippen LogP contribution in [0.4, 0.5) is 5.69 Å². The van der Waals surface area contributed by atoms with Crippen molar-refractivity contribution in [1.82, 2.24) is 14.8 Å². The molecule has 1 N–H and O–H groups in total. The van der Waals surface area contributed by atoms with Crippen LogP contribution in [-0.4, -0.2) is 27.3 Å². The van der Waals surface area contributed by atoms with Crippen LogP contribution in [0, 0.1) is 13.8 Å². The molecule has 0 saturated carbocycles. The molecule has 0 fully saturated rings. The third-order valence-corrected chi connectivity index (χ3v) is 4.85. The first-order valence-corrected chi connectivity index (χ1v) is 9.98. The van der Waals surface area contributed by atoms with Crippen molar-refractivity contribution in [1.29, 1.82) is 0 Å². The maximum absolute atomic E-state index is 13.1. The second-order valence-corrected chi connectivity index (χ2v) is 7.15. The summed E-state index contributed by atoms with van der Waals surface area (Å²) >= 11 is 0. The highest BCUT2D eigenvalue weighted by Crippen LogP contribution is 2.24. The van der Waals surface area contributed by atoms with Gasteiger partial charge in [0.05, 0.1) is 29.8 Å². The fraction of sp³-hybridized carbons (Fsp3) is 0.208. The fourth-order valence-corrected chi connectivity index (χ4v) is 3.52. The van der Waals surface area contributed by atoms with Gasteiger partial charge >= 0.3 is 0 Å². The lowest BCUT2D eigenvalue weighted by Crippen LogP contribution is -2.13. The summed E-state index contributed by atoms with van der Waals surface area (Å²) in [6.45, 7) is 6.94. The van der Waals surface area contributed by atoms with E-state index in [9.17, 15) is 4.79 Å². The first-order valence-electron chi connectivity index (χ1n) is 9.98. The minimum Gasteiger partial charge on any atom is -0.494 e. The molecule has 2 aromatic carbocycles. The van der Waals surface area contributed by atoms with Gasteiger partial charge in [-0.2, -0.15) is 5.10 Å². The van der Waals surface area contributed by atoms with E-state index in [0.717, 1.165) is 28.1 Å². The number of carbonyl (C=O) groups excluding carboxylic acids is 1. The summed E-state index contributed by atoms with van der Waals surface area (Å²) in [6.07, 6.45) is 0. The van der Waals surface area contributed by atoms with E-state index in [1.807, 2.05) is 74.0 Å². The molecule has 2 heterocycles. The molecule has 2 aromatic heterocycles. The molecule has 0 spiro atoms. The number of benzene rings is 2. The van der Waals surface area contributed by atoms with Gasteiger partial charge < -0.3 is 10.1 Å². The average Bonchev–Trinajstić information content (AvgIpc) is 3.05. The van der Waals surface area contributed by atoms with E-state index in [4.69, 9.17) is 4.74 Å². The predicted molar refractivity (Wildman–Crippen MR) is 118 cm³/mol. The van der Waals surface area contributed by atoms with Crippen molar-refractivity contribution in [3.8, 4) is 5.75 Å². The SMILES string of the molecule is CCOc1ccc(NC(=O)c2cc(C)nc3c2c(C)nn3Cc2ccccc2)cc1. The Labute approximate surface area is 175 Å². The van der Waals surface area contributed by atoms with Crippen molar-refractivity contribution in [3.05, 3.63) is 83.2 Å². The molecule has 6 nitrogen and oxygen atoms in total. The molecule has 0 radical (unpaired) electrons. The van der Waals surface area contributed by atoms with Gasteiger partial charge in [-0.1, -0.05) is 30.3 Å². The Morgan fingerprint density at radius 2 is 1.80 bits per heavy atom. The van der Waals surface area contributed by atoms with E-state index >= 15 is 0 Å². The van der Waals surface area contributed by atoms with E-state index < -0.39 is 0 Å². The lowest BCUT2D eigenvalue weighted by molar-refractivity contribution is 0.102. The molecule has 1 amide bonds. The van der Waals surface area contributed by atoms with Crippen molar-refractivity contribution in [2.24, 2.45) is 0 Å². The Bertz CT molecular complexity index is 1180. The van der Waals surface area contributed by atoms with Crippen LogP contribution in [0.3, 0.4) is 0 Å². The third-order valence-electron chi connectivity index (χ3n) is 4.85. The topological polar surface area (TPSA) is 69.0 Å². The van der Waals surface area contributed by atoms with Crippen molar-refractivity contribution in [2.45, 2.75) is 27.3 Å². The zero-order chi connectivity index (χ0) is 21.1. The molecule has 0 aliphatic heterocycles. The second kappa shape index (κ2) is 8.37. The Morgan fingerprint density at radius 3 is 2.50 bits per heavy atom. The zero-order valence-electron chi connectivity index (χ0n) is 17.3. The third kappa shape index (κ3) is 4.03. The van der Waals surface area contributed by atoms with E-state index in [-0.39, 0.29) is 5.91 Å². The van der Waals surface area contributed by atoms with Crippen molar-refractivity contribution < 1.29 is 9.53 Å². The smallest absolute Gasteiger partial charge is 0.256 e. The van der Waals surface area contributed by atoms with E-state index in [0.29, 0.717) is 30.0 Å². The number of carbonyl (C=O) groups is 1. The zero-order valence-corrected chi connectivity index (χ0v) is 17.3. The van der Waals surface area contributed by atoms with Crippen LogP contribution in [-0.2, 0) is 6.54 Å². The summed E-state index contributed by atoms with van der Waals surface area (Å²) in [5.41, 5.74) is 4.68. The molecular formula is C24H24N4O2. The molecule has 0 unspecified atom stereocenters. The molecule has 0 atom stereocenters. The Kier molecular flexibility index (Phi) is 5.48. The number of rotatable bonds is 6. The normalized spacial score (nSPS) is 10.9. The lowest BCUT2D eigenvalue weighted by Gasteiger charge is -2.09. The number of ether oxygens (including phenoxy) is 1. The summed E-state index contributed by atoms with van der Waals surface area (Å²) in [5, 5.41) is 8.42. The standard InChI is InChI=1S/C24H24N4O2/c1-4-30-20-12-10-19(11-13-20)26-24(29)21-14-16(2)25-23-22(21)17(3)27-28(23)15-18-8-6-5-7-9-18/h5-14H,4,15H2,1-3H3,(H,26,29). The van der Waals surface area contributed by atoms with Gasteiger partial charge in [-0.15, -0.1) is 0 Å². The van der Waals surface area contributed by atoms with E-state index in [1.54, 1.807) is 0 Å². The Hall–Kier alpha value is -3.67. The minimum absolute atomic E-state index is 0.183. The quantitative estimate of drug-likeness (QED) is 0.507. The minimum atomic E-state index is -0.183. The van der Waals surface area contributed by atoms with Gasteiger partial charge in [-0.25, -0.2) is 9.67 Å². The Morgan fingerprint density at radius 1 is 1.07 bits per heavy atom. The Balaban J connectivity index is 1.67.